The maximum Gasteiger partial charge on any atom is 0.191 e. The number of nitrogens with zero attached hydrogens (tertiary/aromatic N) is 4. The highest BCUT2D eigenvalue weighted by atomic mass is 16.5. The highest BCUT2D eigenvalue weighted by Crippen LogP contribution is 2.14. The first-order valence-electron chi connectivity index (χ1n) is 11.3. The van der Waals surface area contributed by atoms with Gasteiger partial charge in [0.25, 0.3) is 0 Å². The van der Waals surface area contributed by atoms with Crippen molar-refractivity contribution in [2.24, 2.45) is 12.0 Å². The van der Waals surface area contributed by atoms with E-state index in [-0.39, 0.29) is 0 Å². The summed E-state index contributed by atoms with van der Waals surface area (Å²) in [4.78, 5) is 4.74. The third-order valence-corrected chi connectivity index (χ3v) is 5.51. The molecule has 3 rings (SSSR count). The van der Waals surface area contributed by atoms with E-state index in [4.69, 9.17) is 19.2 Å². The molecule has 0 atom stereocenters. The Morgan fingerprint density at radius 3 is 2.59 bits per heavy atom. The summed E-state index contributed by atoms with van der Waals surface area (Å²) in [6.07, 6.45) is 3.17. The largest absolute Gasteiger partial charge is 0.385 e. The van der Waals surface area contributed by atoms with Crippen LogP contribution in [0.4, 0.5) is 0 Å². The molecule has 0 bridgehead atoms. The van der Waals surface area contributed by atoms with Gasteiger partial charge in [0.05, 0.1) is 25.8 Å². The molecular formula is C23H36N6O3. The summed E-state index contributed by atoms with van der Waals surface area (Å²) < 4.78 is 18.5. The fourth-order valence-electron chi connectivity index (χ4n) is 3.33. The number of nitrogens with one attached hydrogen (secondary N) is 2. The Bertz CT molecular complexity index is 831. The molecule has 32 heavy (non-hydrogen) atoms. The molecule has 1 aromatic carbocycles. The molecule has 1 saturated heterocycles. The SMILES string of the molecule is COCCCNC(=NCc1ccc(COC2CCOCC2)cc1)NCc1nnc(C)n1C. The Labute approximate surface area is 190 Å². The van der Waals surface area contributed by atoms with Gasteiger partial charge in [0.15, 0.2) is 11.8 Å². The fraction of sp³-hybridized carbons (Fsp3) is 0.609. The van der Waals surface area contributed by atoms with Crippen molar-refractivity contribution in [3.8, 4) is 0 Å². The first-order chi connectivity index (χ1) is 15.7. The number of benzene rings is 1. The first-order valence-corrected chi connectivity index (χ1v) is 11.3. The average Bonchev–Trinajstić information content (AvgIpc) is 3.15. The molecule has 9 nitrogen and oxygen atoms in total. The number of guanidine groups is 1. The minimum absolute atomic E-state index is 0.309. The predicted molar refractivity (Wildman–Crippen MR) is 123 cm³/mol. The van der Waals surface area contributed by atoms with Crippen molar-refractivity contribution in [3.05, 3.63) is 47.0 Å². The van der Waals surface area contributed by atoms with Gasteiger partial charge in [-0.2, -0.15) is 0 Å². The maximum atomic E-state index is 6.01. The van der Waals surface area contributed by atoms with Gasteiger partial charge < -0.3 is 29.4 Å². The summed E-state index contributed by atoms with van der Waals surface area (Å²) in [5, 5.41) is 15.0. The molecule has 1 fully saturated rings. The van der Waals surface area contributed by atoms with Gasteiger partial charge >= 0.3 is 0 Å². The molecule has 0 saturated carbocycles. The van der Waals surface area contributed by atoms with Crippen LogP contribution < -0.4 is 10.6 Å². The molecule has 1 aliphatic rings. The van der Waals surface area contributed by atoms with Crippen LogP contribution in [0.5, 0.6) is 0 Å². The van der Waals surface area contributed by atoms with Crippen LogP contribution in [0.25, 0.3) is 0 Å². The van der Waals surface area contributed by atoms with Gasteiger partial charge in [0, 0.05) is 40.5 Å². The number of aliphatic imine (C=N–C) groups is 1. The van der Waals surface area contributed by atoms with Gasteiger partial charge in [-0.25, -0.2) is 4.99 Å². The van der Waals surface area contributed by atoms with Gasteiger partial charge in [0.1, 0.15) is 5.82 Å². The van der Waals surface area contributed by atoms with Crippen LogP contribution in [-0.2, 0) is 41.0 Å². The van der Waals surface area contributed by atoms with Crippen LogP contribution in [-0.4, -0.2) is 60.3 Å². The number of rotatable bonds is 11. The quantitative estimate of drug-likeness (QED) is 0.311. The zero-order valence-corrected chi connectivity index (χ0v) is 19.5. The van der Waals surface area contributed by atoms with Crippen molar-refractivity contribution in [1.29, 1.82) is 0 Å². The number of ether oxygens (including phenoxy) is 3. The molecule has 0 radical (unpaired) electrons. The standard InChI is InChI=1S/C23H36N6O3/c1-18-27-28-22(29(18)2)16-26-23(24-11-4-12-30-3)25-15-19-5-7-20(8-6-19)17-32-21-9-13-31-14-10-21/h5-8,21H,4,9-17H2,1-3H3,(H2,24,25,26). The van der Waals surface area contributed by atoms with E-state index in [1.165, 1.54) is 5.56 Å². The molecule has 0 spiro atoms. The smallest absolute Gasteiger partial charge is 0.191 e. The van der Waals surface area contributed by atoms with Crippen molar-refractivity contribution in [2.75, 3.05) is 33.5 Å². The minimum Gasteiger partial charge on any atom is -0.385 e. The van der Waals surface area contributed by atoms with E-state index in [0.29, 0.717) is 32.4 Å². The van der Waals surface area contributed by atoms with Crippen molar-refractivity contribution in [3.63, 3.8) is 0 Å². The van der Waals surface area contributed by atoms with Crippen LogP contribution in [0.2, 0.25) is 0 Å². The van der Waals surface area contributed by atoms with Gasteiger partial charge in [-0.05, 0) is 37.3 Å². The number of methoxy groups -OCH3 is 1. The second kappa shape index (κ2) is 13.1. The number of hydrogen-bond donors (Lipinski definition) is 2. The molecule has 176 valence electrons. The first kappa shape index (κ1) is 24.2. The van der Waals surface area contributed by atoms with Crippen molar-refractivity contribution >= 4 is 5.96 Å². The number of aromatic nitrogens is 3. The molecule has 0 unspecified atom stereocenters. The van der Waals surface area contributed by atoms with Crippen LogP contribution in [0.15, 0.2) is 29.3 Å². The van der Waals surface area contributed by atoms with E-state index < -0.39 is 0 Å². The Morgan fingerprint density at radius 1 is 1.16 bits per heavy atom. The summed E-state index contributed by atoms with van der Waals surface area (Å²) in [5.74, 6) is 2.49. The van der Waals surface area contributed by atoms with Crippen molar-refractivity contribution in [1.82, 2.24) is 25.4 Å². The predicted octanol–water partition coefficient (Wildman–Crippen LogP) is 2.09. The monoisotopic (exact) mass is 444 g/mol. The lowest BCUT2D eigenvalue weighted by Gasteiger charge is -2.22. The van der Waals surface area contributed by atoms with Crippen molar-refractivity contribution in [2.45, 2.75) is 52.0 Å². The van der Waals surface area contributed by atoms with Gasteiger partial charge in [-0.15, -0.1) is 10.2 Å². The van der Waals surface area contributed by atoms with E-state index in [9.17, 15) is 0 Å². The Morgan fingerprint density at radius 2 is 1.91 bits per heavy atom. The lowest BCUT2D eigenvalue weighted by atomic mass is 10.1. The van der Waals surface area contributed by atoms with Gasteiger partial charge in [-0.1, -0.05) is 24.3 Å². The lowest BCUT2D eigenvalue weighted by molar-refractivity contribution is -0.0390. The Balaban J connectivity index is 1.52. The number of aryl methyl sites for hydroxylation is 1. The Hall–Kier alpha value is -2.49. The van der Waals surface area contributed by atoms with Crippen molar-refractivity contribution < 1.29 is 14.2 Å². The van der Waals surface area contributed by atoms with E-state index in [1.54, 1.807) is 7.11 Å². The zero-order chi connectivity index (χ0) is 22.6. The van der Waals surface area contributed by atoms with Crippen LogP contribution in [0.1, 0.15) is 42.0 Å². The number of hydrogen-bond acceptors (Lipinski definition) is 6. The van der Waals surface area contributed by atoms with Crippen LogP contribution in [0.3, 0.4) is 0 Å². The molecule has 1 aliphatic heterocycles. The molecule has 0 amide bonds. The fourth-order valence-corrected chi connectivity index (χ4v) is 3.33. The Kier molecular flexibility index (Phi) is 9.93. The second-order valence-electron chi connectivity index (χ2n) is 7.95. The summed E-state index contributed by atoms with van der Waals surface area (Å²) in [6.45, 7) is 6.79. The molecular weight excluding hydrogens is 408 g/mol. The van der Waals surface area contributed by atoms with Gasteiger partial charge in [-0.3, -0.25) is 0 Å². The molecule has 2 aromatic rings. The summed E-state index contributed by atoms with van der Waals surface area (Å²) >= 11 is 0. The third kappa shape index (κ3) is 7.89. The highest BCUT2D eigenvalue weighted by Gasteiger charge is 2.14. The van der Waals surface area contributed by atoms with E-state index in [2.05, 4.69) is 45.1 Å². The summed E-state index contributed by atoms with van der Waals surface area (Å²) in [6, 6.07) is 8.46. The molecule has 0 aliphatic carbocycles. The molecule has 9 heteroatoms. The van der Waals surface area contributed by atoms with Gasteiger partial charge in [0.2, 0.25) is 0 Å². The second-order valence-corrected chi connectivity index (χ2v) is 7.95. The highest BCUT2D eigenvalue weighted by molar-refractivity contribution is 5.79. The van der Waals surface area contributed by atoms with E-state index >= 15 is 0 Å². The van der Waals surface area contributed by atoms with E-state index in [0.717, 1.165) is 62.2 Å². The average molecular weight is 445 g/mol. The molecule has 1 aromatic heterocycles. The summed E-state index contributed by atoms with van der Waals surface area (Å²) in [5.41, 5.74) is 2.32. The topological polar surface area (TPSA) is 94.8 Å². The molecule has 2 heterocycles. The molecule has 2 N–H and O–H groups in total. The minimum atomic E-state index is 0.309. The third-order valence-electron chi connectivity index (χ3n) is 5.51. The van der Waals surface area contributed by atoms with E-state index in [1.807, 2.05) is 18.5 Å². The normalized spacial score (nSPS) is 15.2. The zero-order valence-electron chi connectivity index (χ0n) is 19.5. The summed E-state index contributed by atoms with van der Waals surface area (Å²) in [7, 11) is 3.67. The van der Waals surface area contributed by atoms with Crippen LogP contribution >= 0.6 is 0 Å². The maximum absolute atomic E-state index is 6.01. The lowest BCUT2D eigenvalue weighted by Crippen LogP contribution is -2.38. The van der Waals surface area contributed by atoms with Crippen LogP contribution in [0, 0.1) is 6.92 Å².